The average molecular weight is 413 g/mol. The second kappa shape index (κ2) is 9.35. The van der Waals surface area contributed by atoms with E-state index in [1.54, 1.807) is 6.92 Å². The van der Waals surface area contributed by atoms with Crippen LogP contribution in [-0.4, -0.2) is 55.3 Å². The lowest BCUT2D eigenvalue weighted by atomic mass is 10.1. The molecule has 0 N–H and O–H groups in total. The summed E-state index contributed by atoms with van der Waals surface area (Å²) in [5.41, 5.74) is 4.48. The third-order valence-corrected chi connectivity index (χ3v) is 6.59. The van der Waals surface area contributed by atoms with Gasteiger partial charge < -0.3 is 14.5 Å². The van der Waals surface area contributed by atoms with E-state index in [4.69, 9.17) is 4.74 Å². The molecule has 6 heteroatoms. The first kappa shape index (κ1) is 21.2. The van der Waals surface area contributed by atoms with Crippen LogP contribution in [0.5, 0.6) is 0 Å². The highest BCUT2D eigenvalue weighted by atomic mass is 32.2. The fourth-order valence-electron chi connectivity index (χ4n) is 3.55. The molecule has 1 aliphatic heterocycles. The van der Waals surface area contributed by atoms with Gasteiger partial charge in [-0.2, -0.15) is 0 Å². The number of ether oxygens (including phenoxy) is 1. The third kappa shape index (κ3) is 4.75. The molecular formula is C23H28N2O3S. The lowest BCUT2D eigenvalue weighted by molar-refractivity contribution is -0.139. The van der Waals surface area contributed by atoms with Crippen LogP contribution in [0.25, 0.3) is 0 Å². The molecule has 1 heterocycles. The van der Waals surface area contributed by atoms with E-state index in [1.165, 1.54) is 35.7 Å². The summed E-state index contributed by atoms with van der Waals surface area (Å²) >= 11 is 1.36. The van der Waals surface area contributed by atoms with Gasteiger partial charge in [0.15, 0.2) is 0 Å². The second-order valence-electron chi connectivity index (χ2n) is 7.28. The Bertz CT molecular complexity index is 891. The Hall–Kier alpha value is -2.47. The van der Waals surface area contributed by atoms with Crippen LogP contribution < -0.4 is 4.90 Å². The zero-order chi connectivity index (χ0) is 21.0. The maximum Gasteiger partial charge on any atom is 0.318 e. The Morgan fingerprint density at radius 2 is 1.69 bits per heavy atom. The highest BCUT2D eigenvalue weighted by Gasteiger charge is 2.26. The number of benzene rings is 2. The number of esters is 1. The minimum absolute atomic E-state index is 0.0192. The predicted octanol–water partition coefficient (Wildman–Crippen LogP) is 3.92. The molecule has 1 saturated heterocycles. The monoisotopic (exact) mass is 412 g/mol. The van der Waals surface area contributed by atoms with Crippen LogP contribution >= 0.6 is 11.8 Å². The minimum atomic E-state index is -0.366. The molecule has 29 heavy (non-hydrogen) atoms. The van der Waals surface area contributed by atoms with Crippen LogP contribution in [0.1, 0.15) is 28.4 Å². The molecule has 1 unspecified atom stereocenters. The van der Waals surface area contributed by atoms with E-state index in [2.05, 4.69) is 36.9 Å². The summed E-state index contributed by atoms with van der Waals surface area (Å²) < 4.78 is 4.81. The van der Waals surface area contributed by atoms with Crippen molar-refractivity contribution in [1.29, 1.82) is 0 Å². The number of amides is 1. The first-order valence-electron chi connectivity index (χ1n) is 9.86. The van der Waals surface area contributed by atoms with Gasteiger partial charge in [0.1, 0.15) is 5.25 Å². The molecule has 0 bridgehead atoms. The van der Waals surface area contributed by atoms with Gasteiger partial charge in [0.05, 0.1) is 12.7 Å². The van der Waals surface area contributed by atoms with Crippen molar-refractivity contribution in [2.45, 2.75) is 30.9 Å². The molecule has 2 aromatic rings. The molecule has 0 saturated carbocycles. The van der Waals surface area contributed by atoms with E-state index in [0.717, 1.165) is 18.0 Å². The number of carbonyl (C=O) groups is 2. The molecule has 1 amide bonds. The molecule has 0 aromatic heterocycles. The van der Waals surface area contributed by atoms with Crippen LogP contribution in [0.3, 0.4) is 0 Å². The highest BCUT2D eigenvalue weighted by molar-refractivity contribution is 8.00. The third-order valence-electron chi connectivity index (χ3n) is 5.44. The fourth-order valence-corrected chi connectivity index (χ4v) is 4.56. The number of nitrogens with zero attached hydrogens (tertiary/aromatic N) is 2. The molecule has 3 rings (SSSR count). The molecule has 5 nitrogen and oxygen atoms in total. The molecule has 2 aromatic carbocycles. The summed E-state index contributed by atoms with van der Waals surface area (Å²) in [5.74, 6) is -0.273. The summed E-state index contributed by atoms with van der Waals surface area (Å²) in [6.07, 6.45) is 0. The Balaban J connectivity index is 1.70. The van der Waals surface area contributed by atoms with Gasteiger partial charge in [-0.15, -0.1) is 11.8 Å². The van der Waals surface area contributed by atoms with Crippen molar-refractivity contribution in [2.24, 2.45) is 0 Å². The Morgan fingerprint density at radius 3 is 2.38 bits per heavy atom. The zero-order valence-corrected chi connectivity index (χ0v) is 18.3. The van der Waals surface area contributed by atoms with Gasteiger partial charge in [0.2, 0.25) is 0 Å². The summed E-state index contributed by atoms with van der Waals surface area (Å²) in [5, 5.41) is -0.366. The van der Waals surface area contributed by atoms with Gasteiger partial charge in [0, 0.05) is 36.8 Å². The quantitative estimate of drug-likeness (QED) is 0.550. The maximum atomic E-state index is 13.2. The van der Waals surface area contributed by atoms with Crippen molar-refractivity contribution < 1.29 is 14.3 Å². The van der Waals surface area contributed by atoms with Gasteiger partial charge in [-0.05, 0) is 50.1 Å². The first-order chi connectivity index (χ1) is 13.9. The van der Waals surface area contributed by atoms with Gasteiger partial charge in [-0.1, -0.05) is 24.3 Å². The molecule has 1 atom stereocenters. The average Bonchev–Trinajstić information content (AvgIpc) is 2.75. The van der Waals surface area contributed by atoms with Crippen LogP contribution in [0.15, 0.2) is 47.4 Å². The number of hydrogen-bond acceptors (Lipinski definition) is 5. The number of thioether (sulfide) groups is 1. The van der Waals surface area contributed by atoms with E-state index in [0.29, 0.717) is 18.7 Å². The molecule has 1 aliphatic rings. The van der Waals surface area contributed by atoms with Gasteiger partial charge in [-0.3, -0.25) is 9.59 Å². The van der Waals surface area contributed by atoms with Gasteiger partial charge in [0.25, 0.3) is 5.91 Å². The van der Waals surface area contributed by atoms with Crippen molar-refractivity contribution in [2.75, 3.05) is 38.2 Å². The normalized spacial score (nSPS) is 15.2. The number of rotatable bonds is 5. The molecule has 154 valence electrons. The number of aryl methyl sites for hydroxylation is 1. The Morgan fingerprint density at radius 1 is 1.00 bits per heavy atom. The summed E-state index contributed by atoms with van der Waals surface area (Å²) in [4.78, 5) is 30.0. The van der Waals surface area contributed by atoms with Crippen molar-refractivity contribution >= 4 is 29.3 Å². The number of methoxy groups -OCH3 is 1. The summed E-state index contributed by atoms with van der Waals surface area (Å²) in [7, 11) is 1.38. The second-order valence-corrected chi connectivity index (χ2v) is 8.66. The zero-order valence-electron chi connectivity index (χ0n) is 17.5. The smallest absolute Gasteiger partial charge is 0.318 e. The van der Waals surface area contributed by atoms with Crippen molar-refractivity contribution in [3.05, 3.63) is 59.2 Å². The predicted molar refractivity (Wildman–Crippen MR) is 118 cm³/mol. The SMILES string of the molecule is COC(=O)C(C)Sc1ccccc1C(=O)N1CCN(c2cccc(C)c2C)CC1. The number of hydrogen-bond donors (Lipinski definition) is 0. The minimum Gasteiger partial charge on any atom is -0.468 e. The van der Waals surface area contributed by atoms with E-state index in [9.17, 15) is 9.59 Å². The van der Waals surface area contributed by atoms with Crippen LogP contribution in [-0.2, 0) is 9.53 Å². The van der Waals surface area contributed by atoms with Crippen molar-refractivity contribution in [3.63, 3.8) is 0 Å². The van der Waals surface area contributed by atoms with Crippen molar-refractivity contribution in [3.8, 4) is 0 Å². The molecule has 0 spiro atoms. The largest absolute Gasteiger partial charge is 0.468 e. The standard InChI is InChI=1S/C23H28N2O3S/c1-16-8-7-10-20(17(16)2)24-12-14-25(15-13-24)22(26)19-9-5-6-11-21(19)29-18(3)23(27)28-4/h5-11,18H,12-15H2,1-4H3. The highest BCUT2D eigenvalue weighted by Crippen LogP contribution is 2.29. The molecule has 1 fully saturated rings. The molecule has 0 aliphatic carbocycles. The van der Waals surface area contributed by atoms with Crippen LogP contribution in [0.4, 0.5) is 5.69 Å². The Kier molecular flexibility index (Phi) is 6.85. The van der Waals surface area contributed by atoms with Crippen molar-refractivity contribution in [1.82, 2.24) is 4.90 Å². The lowest BCUT2D eigenvalue weighted by Crippen LogP contribution is -2.49. The van der Waals surface area contributed by atoms with Gasteiger partial charge in [-0.25, -0.2) is 0 Å². The maximum absolute atomic E-state index is 13.2. The molecular weight excluding hydrogens is 384 g/mol. The summed E-state index contributed by atoms with van der Waals surface area (Å²) in [6, 6.07) is 13.9. The number of carbonyl (C=O) groups excluding carboxylic acids is 2. The van der Waals surface area contributed by atoms with E-state index >= 15 is 0 Å². The number of piperazine rings is 1. The van der Waals surface area contributed by atoms with Crippen LogP contribution in [0, 0.1) is 13.8 Å². The molecule has 0 radical (unpaired) electrons. The number of anilines is 1. The topological polar surface area (TPSA) is 49.9 Å². The van der Waals surface area contributed by atoms with E-state index in [-0.39, 0.29) is 17.1 Å². The first-order valence-corrected chi connectivity index (χ1v) is 10.7. The van der Waals surface area contributed by atoms with Gasteiger partial charge >= 0.3 is 5.97 Å². The Labute approximate surface area is 177 Å². The summed E-state index contributed by atoms with van der Waals surface area (Å²) in [6.45, 7) is 9.05. The fraction of sp³-hybridized carbons (Fsp3) is 0.391. The van der Waals surface area contributed by atoms with E-state index < -0.39 is 0 Å². The lowest BCUT2D eigenvalue weighted by Gasteiger charge is -2.37. The van der Waals surface area contributed by atoms with E-state index in [1.807, 2.05) is 29.2 Å². The van der Waals surface area contributed by atoms with Crippen LogP contribution in [0.2, 0.25) is 0 Å².